The molecule has 4 atom stereocenters. The molecule has 3 fully saturated rings. The molecule has 0 saturated carbocycles. The van der Waals surface area contributed by atoms with Gasteiger partial charge in [0.05, 0.1) is 18.5 Å². The number of urea groups is 1. The number of likely N-dealkylation sites (tertiary alicyclic amines) is 1. The maximum atomic E-state index is 12.1. The van der Waals surface area contributed by atoms with Gasteiger partial charge in [-0.25, -0.2) is 9.69 Å². The highest BCUT2D eigenvalue weighted by Gasteiger charge is 2.48. The van der Waals surface area contributed by atoms with Crippen LogP contribution >= 0.6 is 11.8 Å². The van der Waals surface area contributed by atoms with Crippen molar-refractivity contribution >= 4 is 45.6 Å². The first kappa shape index (κ1) is 19.1. The van der Waals surface area contributed by atoms with Crippen molar-refractivity contribution < 1.29 is 32.1 Å². The molecule has 10 nitrogen and oxygen atoms in total. The summed E-state index contributed by atoms with van der Waals surface area (Å²) in [6.45, 7) is 0. The first-order chi connectivity index (χ1) is 12.2. The number of rotatable bonds is 6. The number of hydrogen-bond acceptors (Lipinski definition) is 7. The summed E-state index contributed by atoms with van der Waals surface area (Å²) in [5.41, 5.74) is 0. The number of imide groups is 3. The highest BCUT2D eigenvalue weighted by atomic mass is 32.2. The molecule has 3 N–H and O–H groups in total. The van der Waals surface area contributed by atoms with Crippen LogP contribution in [0, 0.1) is 0 Å². The molecule has 3 aliphatic heterocycles. The standard InChI is InChI=1S/C14H19N3O7S2/c18-10(17-11(19)5-9(13(17)20)26(22,23)24)4-2-1-3-8-12-7(6-25-8)15-14(21)16-12/h7-9,12H,1-6H2,(H2,15,16,21)(H,22,23,24). The van der Waals surface area contributed by atoms with Crippen molar-refractivity contribution in [3.8, 4) is 0 Å². The van der Waals surface area contributed by atoms with E-state index in [1.807, 2.05) is 0 Å². The summed E-state index contributed by atoms with van der Waals surface area (Å²) >= 11 is 1.75. The van der Waals surface area contributed by atoms with Gasteiger partial charge in [0.1, 0.15) is 0 Å². The average Bonchev–Trinajstić information content (AvgIpc) is 3.16. The normalized spacial score (nSPS) is 31.1. The van der Waals surface area contributed by atoms with Gasteiger partial charge in [0.25, 0.3) is 16.0 Å². The van der Waals surface area contributed by atoms with Crippen LogP contribution in [0.25, 0.3) is 0 Å². The van der Waals surface area contributed by atoms with E-state index in [1.165, 1.54) is 0 Å². The van der Waals surface area contributed by atoms with E-state index in [-0.39, 0.29) is 29.8 Å². The Bertz CT molecular complexity index is 754. The molecule has 3 aliphatic rings. The van der Waals surface area contributed by atoms with Crippen LogP contribution in [0.15, 0.2) is 0 Å². The van der Waals surface area contributed by atoms with Gasteiger partial charge in [-0.2, -0.15) is 20.2 Å². The van der Waals surface area contributed by atoms with Gasteiger partial charge in [-0.15, -0.1) is 0 Å². The quantitative estimate of drug-likeness (QED) is 0.226. The smallest absolute Gasteiger partial charge is 0.315 e. The third kappa shape index (κ3) is 3.71. The van der Waals surface area contributed by atoms with E-state index in [2.05, 4.69) is 10.6 Å². The van der Waals surface area contributed by atoms with Crippen molar-refractivity contribution in [1.29, 1.82) is 0 Å². The zero-order valence-electron chi connectivity index (χ0n) is 13.7. The number of nitrogens with zero attached hydrogens (tertiary/aromatic N) is 1. The minimum absolute atomic E-state index is 0.0637. The molecule has 3 saturated heterocycles. The fourth-order valence-corrected chi connectivity index (χ4v) is 5.73. The Hall–Kier alpha value is -1.66. The molecular weight excluding hydrogens is 386 g/mol. The minimum Gasteiger partial charge on any atom is -0.332 e. The second-order valence-electron chi connectivity index (χ2n) is 6.54. The number of amides is 5. The number of thioether (sulfide) groups is 1. The molecule has 0 spiro atoms. The number of fused-ring (bicyclic) bond motifs is 1. The van der Waals surface area contributed by atoms with Crippen molar-refractivity contribution in [3.63, 3.8) is 0 Å². The Kier molecular flexibility index (Phi) is 5.26. The molecule has 26 heavy (non-hydrogen) atoms. The Morgan fingerprint density at radius 3 is 2.62 bits per heavy atom. The molecule has 4 unspecified atom stereocenters. The van der Waals surface area contributed by atoms with Crippen LogP contribution in [0.1, 0.15) is 32.1 Å². The topological polar surface area (TPSA) is 150 Å². The highest BCUT2D eigenvalue weighted by molar-refractivity contribution is 8.00. The largest absolute Gasteiger partial charge is 0.332 e. The Labute approximate surface area is 154 Å². The third-order valence-corrected chi connectivity index (χ3v) is 7.38. The molecular formula is C14H19N3O7S2. The maximum absolute atomic E-state index is 12.1. The lowest BCUT2D eigenvalue weighted by molar-refractivity contribution is -0.149. The molecule has 3 heterocycles. The summed E-state index contributed by atoms with van der Waals surface area (Å²) < 4.78 is 31.1. The van der Waals surface area contributed by atoms with E-state index in [0.29, 0.717) is 17.7 Å². The second-order valence-corrected chi connectivity index (χ2v) is 9.41. The summed E-state index contributed by atoms with van der Waals surface area (Å²) in [6.07, 6.45) is 1.10. The molecule has 0 aromatic rings. The molecule has 5 amide bonds. The van der Waals surface area contributed by atoms with Gasteiger partial charge in [-0.05, 0) is 12.8 Å². The van der Waals surface area contributed by atoms with E-state index < -0.39 is 39.5 Å². The summed E-state index contributed by atoms with van der Waals surface area (Å²) in [5, 5.41) is 4.07. The molecule has 0 aliphatic carbocycles. The highest BCUT2D eigenvalue weighted by Crippen LogP contribution is 2.33. The fourth-order valence-electron chi connectivity index (χ4n) is 3.48. The predicted octanol–water partition coefficient (Wildman–Crippen LogP) is -0.746. The Morgan fingerprint density at radius 2 is 1.96 bits per heavy atom. The number of hydrogen-bond donors (Lipinski definition) is 3. The molecule has 0 radical (unpaired) electrons. The molecule has 0 bridgehead atoms. The van der Waals surface area contributed by atoms with Crippen LogP contribution in [0.4, 0.5) is 4.79 Å². The maximum Gasteiger partial charge on any atom is 0.315 e. The van der Waals surface area contributed by atoms with Crippen LogP contribution in [0.5, 0.6) is 0 Å². The zero-order chi connectivity index (χ0) is 19.1. The molecule has 3 rings (SSSR count). The SMILES string of the molecule is O=C1NC2CSC(CCCCC(=O)N3C(=O)CC(S(=O)(=O)O)C3=O)C2N1. The van der Waals surface area contributed by atoms with Gasteiger partial charge in [0, 0.05) is 17.4 Å². The van der Waals surface area contributed by atoms with E-state index in [0.717, 1.165) is 12.2 Å². The van der Waals surface area contributed by atoms with Gasteiger partial charge in [-0.3, -0.25) is 18.9 Å². The summed E-state index contributed by atoms with van der Waals surface area (Å²) in [5.74, 6) is -2.01. The van der Waals surface area contributed by atoms with E-state index >= 15 is 0 Å². The first-order valence-corrected chi connectivity index (χ1v) is 10.8. The summed E-state index contributed by atoms with van der Waals surface area (Å²) in [4.78, 5) is 47.4. The third-order valence-electron chi connectivity index (χ3n) is 4.78. The monoisotopic (exact) mass is 405 g/mol. The fraction of sp³-hybridized carbons (Fsp3) is 0.714. The number of unbranched alkanes of at least 4 members (excludes halogenated alkanes) is 1. The van der Waals surface area contributed by atoms with Crippen LogP contribution < -0.4 is 10.6 Å². The van der Waals surface area contributed by atoms with E-state index in [1.54, 1.807) is 11.8 Å². The predicted molar refractivity (Wildman–Crippen MR) is 90.8 cm³/mol. The van der Waals surface area contributed by atoms with E-state index in [4.69, 9.17) is 4.55 Å². The average molecular weight is 405 g/mol. The lowest BCUT2D eigenvalue weighted by Crippen LogP contribution is -2.39. The zero-order valence-corrected chi connectivity index (χ0v) is 15.3. The molecule has 144 valence electrons. The van der Waals surface area contributed by atoms with Gasteiger partial charge in [0.2, 0.25) is 11.8 Å². The minimum atomic E-state index is -4.71. The van der Waals surface area contributed by atoms with Gasteiger partial charge >= 0.3 is 6.03 Å². The molecule has 12 heteroatoms. The van der Waals surface area contributed by atoms with Gasteiger partial charge in [-0.1, -0.05) is 6.42 Å². The van der Waals surface area contributed by atoms with Crippen LogP contribution in [-0.2, 0) is 24.5 Å². The Morgan fingerprint density at radius 1 is 1.23 bits per heavy atom. The Balaban J connectivity index is 1.45. The summed E-state index contributed by atoms with van der Waals surface area (Å²) in [7, 11) is -4.71. The van der Waals surface area contributed by atoms with Crippen LogP contribution in [-0.4, -0.2) is 70.0 Å². The van der Waals surface area contributed by atoms with Crippen molar-refractivity contribution in [2.24, 2.45) is 0 Å². The van der Waals surface area contributed by atoms with Gasteiger partial charge < -0.3 is 10.6 Å². The van der Waals surface area contributed by atoms with Crippen molar-refractivity contribution in [3.05, 3.63) is 0 Å². The van der Waals surface area contributed by atoms with Crippen molar-refractivity contribution in [2.75, 3.05) is 5.75 Å². The second kappa shape index (κ2) is 7.16. The van der Waals surface area contributed by atoms with E-state index in [9.17, 15) is 27.6 Å². The summed E-state index contributed by atoms with van der Waals surface area (Å²) in [6, 6.07) is 0.0247. The lowest BCUT2D eigenvalue weighted by Gasteiger charge is -2.17. The van der Waals surface area contributed by atoms with Crippen LogP contribution in [0.2, 0.25) is 0 Å². The first-order valence-electron chi connectivity index (χ1n) is 8.23. The van der Waals surface area contributed by atoms with Crippen molar-refractivity contribution in [1.82, 2.24) is 15.5 Å². The van der Waals surface area contributed by atoms with Crippen LogP contribution in [0.3, 0.4) is 0 Å². The lowest BCUT2D eigenvalue weighted by atomic mass is 10.0. The molecule has 0 aromatic carbocycles. The van der Waals surface area contributed by atoms with Crippen molar-refractivity contribution in [2.45, 2.75) is 54.7 Å². The number of carbonyl (C=O) groups excluding carboxylic acids is 4. The molecule has 0 aromatic heterocycles. The van der Waals surface area contributed by atoms with Gasteiger partial charge in [0.15, 0.2) is 5.25 Å². The number of nitrogens with one attached hydrogen (secondary N) is 2. The number of carbonyl (C=O) groups is 4.